The predicted molar refractivity (Wildman–Crippen MR) is 166 cm³/mol. The molecule has 1 heterocycles. The Bertz CT molecular complexity index is 1200. The second-order valence-corrected chi connectivity index (χ2v) is 17.7. The van der Waals surface area contributed by atoms with Crippen molar-refractivity contribution >= 4 is 5.97 Å². The minimum Gasteiger partial charge on any atom is -0.432 e. The fourth-order valence-electron chi connectivity index (χ4n) is 12.0. The molecular formula is C36H58O9. The van der Waals surface area contributed by atoms with E-state index in [4.69, 9.17) is 9.47 Å². The van der Waals surface area contributed by atoms with Gasteiger partial charge in [0, 0.05) is 6.61 Å². The summed E-state index contributed by atoms with van der Waals surface area (Å²) in [6.07, 6.45) is 2.83. The van der Waals surface area contributed by atoms with Gasteiger partial charge >= 0.3 is 5.97 Å². The van der Waals surface area contributed by atoms with Crippen molar-refractivity contribution < 1.29 is 44.9 Å². The molecule has 14 atom stereocenters. The molecule has 5 aliphatic carbocycles. The first kappa shape index (κ1) is 33.8. The number of hydrogen-bond donors (Lipinski definition) is 6. The zero-order chi connectivity index (χ0) is 33.0. The highest BCUT2D eigenvalue weighted by Gasteiger charge is 2.69. The van der Waals surface area contributed by atoms with Crippen LogP contribution in [0, 0.1) is 50.2 Å². The van der Waals surface area contributed by atoms with Crippen LogP contribution in [-0.2, 0) is 14.3 Å². The van der Waals surface area contributed by atoms with Crippen LogP contribution in [0.1, 0.15) is 106 Å². The number of aliphatic hydroxyl groups is 6. The summed E-state index contributed by atoms with van der Waals surface area (Å²) in [6, 6.07) is 0. The number of allylic oxidation sites excluding steroid dienone is 2. The fraction of sp³-hybridized carbons (Fsp3) is 0.917. The van der Waals surface area contributed by atoms with Crippen LogP contribution in [0.3, 0.4) is 0 Å². The van der Waals surface area contributed by atoms with Crippen molar-refractivity contribution in [3.8, 4) is 0 Å². The van der Waals surface area contributed by atoms with Crippen LogP contribution in [-0.4, -0.2) is 86.6 Å². The molecule has 6 aliphatic rings. The molecule has 1 saturated heterocycles. The van der Waals surface area contributed by atoms with Crippen LogP contribution in [0.15, 0.2) is 11.6 Å². The number of aliphatic hydroxyl groups excluding tert-OH is 6. The summed E-state index contributed by atoms with van der Waals surface area (Å²) in [6.45, 7) is 13.4. The van der Waals surface area contributed by atoms with Gasteiger partial charge in [0.1, 0.15) is 24.4 Å². The second-order valence-electron chi connectivity index (χ2n) is 17.7. The number of fused-ring (bicyclic) bond motifs is 7. The average molecular weight is 635 g/mol. The third kappa shape index (κ3) is 4.61. The normalized spacial score (nSPS) is 54.0. The van der Waals surface area contributed by atoms with Crippen molar-refractivity contribution in [2.45, 2.75) is 143 Å². The van der Waals surface area contributed by atoms with Gasteiger partial charge in [-0.25, -0.2) is 0 Å². The molecule has 0 radical (unpaired) electrons. The molecular weight excluding hydrogens is 576 g/mol. The van der Waals surface area contributed by atoms with Crippen LogP contribution in [0.4, 0.5) is 0 Å². The third-order valence-corrected chi connectivity index (χ3v) is 15.3. The van der Waals surface area contributed by atoms with E-state index in [1.165, 1.54) is 5.57 Å². The van der Waals surface area contributed by atoms with Gasteiger partial charge in [-0.15, -0.1) is 0 Å². The predicted octanol–water partition coefficient (Wildman–Crippen LogP) is 3.46. The molecule has 1 aliphatic heterocycles. The number of carbonyl (C=O) groups is 1. The van der Waals surface area contributed by atoms with E-state index >= 15 is 0 Å². The molecule has 0 aromatic carbocycles. The summed E-state index contributed by atoms with van der Waals surface area (Å²) in [4.78, 5) is 14.4. The van der Waals surface area contributed by atoms with Crippen molar-refractivity contribution in [1.29, 1.82) is 0 Å². The number of rotatable bonds is 4. The summed E-state index contributed by atoms with van der Waals surface area (Å²) in [5, 5.41) is 62.5. The standard InChI is InChI=1S/C36H58O9/c1-31(2)23-9-12-35(6)24(33(23,4)11-10-25(31)39)8-7-20-21-17-32(3,19-38)13-15-36(21,16-14-34(20,35)5)30(43)45-29-28(42)27(41)26(40)22(18-37)44-29/h7,21-29,37-42H,8-19H2,1-6H3/t21?,22-,23?,24?,25-,26-,27+,28-,29+,32+,33-,34+,35+,36-/m0/s1. The molecule has 0 aromatic rings. The molecule has 0 bridgehead atoms. The summed E-state index contributed by atoms with van der Waals surface area (Å²) in [5.74, 6) is 0.248. The van der Waals surface area contributed by atoms with Gasteiger partial charge in [-0.05, 0) is 109 Å². The summed E-state index contributed by atoms with van der Waals surface area (Å²) in [7, 11) is 0. The smallest absolute Gasteiger partial charge is 0.315 e. The molecule has 5 fully saturated rings. The van der Waals surface area contributed by atoms with Crippen LogP contribution in [0.25, 0.3) is 0 Å². The number of ether oxygens (including phenoxy) is 2. The lowest BCUT2D eigenvalue weighted by Gasteiger charge is -2.71. The maximum atomic E-state index is 14.4. The summed E-state index contributed by atoms with van der Waals surface area (Å²) in [5.41, 5.74) is -0.113. The first-order valence-corrected chi connectivity index (χ1v) is 17.5. The lowest BCUT2D eigenvalue weighted by Crippen LogP contribution is -2.65. The quantitative estimate of drug-likeness (QED) is 0.201. The second kappa shape index (κ2) is 11.0. The van der Waals surface area contributed by atoms with Crippen LogP contribution >= 0.6 is 0 Å². The van der Waals surface area contributed by atoms with E-state index in [9.17, 15) is 35.4 Å². The molecule has 9 heteroatoms. The van der Waals surface area contributed by atoms with Gasteiger partial charge in [-0.1, -0.05) is 53.2 Å². The molecule has 6 N–H and O–H groups in total. The van der Waals surface area contributed by atoms with Crippen molar-refractivity contribution in [3.05, 3.63) is 11.6 Å². The zero-order valence-corrected chi connectivity index (χ0v) is 28.2. The van der Waals surface area contributed by atoms with Gasteiger partial charge in [0.15, 0.2) is 0 Å². The van der Waals surface area contributed by atoms with Crippen LogP contribution in [0.2, 0.25) is 0 Å². The van der Waals surface area contributed by atoms with Gasteiger partial charge in [0.05, 0.1) is 18.1 Å². The van der Waals surface area contributed by atoms with E-state index in [0.717, 1.165) is 38.5 Å². The summed E-state index contributed by atoms with van der Waals surface area (Å²) < 4.78 is 11.5. The molecule has 9 nitrogen and oxygen atoms in total. The first-order valence-electron chi connectivity index (χ1n) is 17.5. The molecule has 0 aromatic heterocycles. The van der Waals surface area contributed by atoms with Gasteiger partial charge in [0.2, 0.25) is 6.29 Å². The topological polar surface area (TPSA) is 157 Å². The lowest BCUT2D eigenvalue weighted by atomic mass is 9.33. The van der Waals surface area contributed by atoms with E-state index in [1.54, 1.807) is 0 Å². The molecule has 4 saturated carbocycles. The van der Waals surface area contributed by atoms with E-state index in [-0.39, 0.29) is 45.7 Å². The molecule has 0 spiro atoms. The van der Waals surface area contributed by atoms with Crippen molar-refractivity contribution in [3.63, 3.8) is 0 Å². The van der Waals surface area contributed by atoms with Crippen LogP contribution < -0.4 is 0 Å². The maximum Gasteiger partial charge on any atom is 0.315 e. The minimum absolute atomic E-state index is 0.00110. The van der Waals surface area contributed by atoms with Crippen molar-refractivity contribution in [2.24, 2.45) is 50.2 Å². The zero-order valence-electron chi connectivity index (χ0n) is 28.2. The van der Waals surface area contributed by atoms with Gasteiger partial charge in [-0.3, -0.25) is 4.79 Å². The lowest BCUT2D eigenvalue weighted by molar-refractivity contribution is -0.297. The van der Waals surface area contributed by atoms with Crippen LogP contribution in [0.5, 0.6) is 0 Å². The first-order chi connectivity index (χ1) is 20.9. The Balaban J connectivity index is 1.36. The third-order valence-electron chi connectivity index (χ3n) is 15.3. The van der Waals surface area contributed by atoms with Crippen molar-refractivity contribution in [1.82, 2.24) is 0 Å². The minimum atomic E-state index is -1.65. The van der Waals surface area contributed by atoms with Crippen molar-refractivity contribution in [2.75, 3.05) is 13.2 Å². The average Bonchev–Trinajstić information content (AvgIpc) is 2.99. The van der Waals surface area contributed by atoms with E-state index in [2.05, 4.69) is 47.6 Å². The molecule has 3 unspecified atom stereocenters. The Morgan fingerprint density at radius 1 is 0.867 bits per heavy atom. The van der Waals surface area contributed by atoms with Gasteiger partial charge in [0.25, 0.3) is 0 Å². The highest BCUT2D eigenvalue weighted by atomic mass is 16.7. The Labute approximate surface area is 268 Å². The van der Waals surface area contributed by atoms with E-state index < -0.39 is 48.7 Å². The Kier molecular flexibility index (Phi) is 8.25. The monoisotopic (exact) mass is 634 g/mol. The van der Waals surface area contributed by atoms with E-state index in [1.807, 2.05) is 0 Å². The Hall–Kier alpha value is -1.07. The van der Waals surface area contributed by atoms with Gasteiger partial charge in [-0.2, -0.15) is 0 Å². The van der Waals surface area contributed by atoms with Gasteiger partial charge < -0.3 is 40.1 Å². The highest BCUT2D eigenvalue weighted by Crippen LogP contribution is 2.75. The number of esters is 1. The fourth-order valence-corrected chi connectivity index (χ4v) is 12.0. The molecule has 45 heavy (non-hydrogen) atoms. The highest BCUT2D eigenvalue weighted by molar-refractivity contribution is 5.79. The molecule has 256 valence electrons. The molecule has 0 amide bonds. The Morgan fingerprint density at radius 3 is 2.22 bits per heavy atom. The number of carbonyl (C=O) groups excluding carboxylic acids is 1. The molecule has 6 rings (SSSR count). The largest absolute Gasteiger partial charge is 0.432 e. The number of hydrogen-bond acceptors (Lipinski definition) is 9. The summed E-state index contributed by atoms with van der Waals surface area (Å²) >= 11 is 0. The van der Waals surface area contributed by atoms with E-state index in [0.29, 0.717) is 37.5 Å². The Morgan fingerprint density at radius 2 is 1.56 bits per heavy atom. The SMILES string of the molecule is CC1(C)C2CC[C@]3(C)C(CC=C4C5C[C@](C)(CO)CC[C@]5(C(=O)O[C@H]5O[C@@H](CO)[C@H](O)[C@@H](O)[C@@H]5O)CC[C@]43C)[C@@]2(C)CC[C@@H]1O. The maximum absolute atomic E-state index is 14.4.